The zero-order valence-electron chi connectivity index (χ0n) is 9.59. The van der Waals surface area contributed by atoms with E-state index in [1.54, 1.807) is 0 Å². The number of carbonyl (C=O) groups excluding carboxylic acids is 1. The predicted molar refractivity (Wildman–Crippen MR) is 56.4 cm³/mol. The van der Waals surface area contributed by atoms with Crippen LogP contribution in [0, 0.1) is 18.6 Å². The van der Waals surface area contributed by atoms with E-state index < -0.39 is 17.2 Å². The number of halogens is 2. The number of unbranched alkanes of at least 4 members (excludes halogenated alkanes) is 1. The Kier molecular flexibility index (Phi) is 10.3. The van der Waals surface area contributed by atoms with Crippen LogP contribution in [-0.2, 0) is 0 Å². The van der Waals surface area contributed by atoms with Gasteiger partial charge in [0.2, 0.25) is 0 Å². The second-order valence-electron chi connectivity index (χ2n) is 2.87. The Morgan fingerprint density at radius 2 is 1.75 bits per heavy atom. The Morgan fingerprint density at radius 3 is 2.00 bits per heavy atom. The fourth-order valence-electron chi connectivity index (χ4n) is 0.716. The second kappa shape index (κ2) is 9.38. The molecule has 0 fully saturated rings. The summed E-state index contributed by atoms with van der Waals surface area (Å²) < 4.78 is 25.1. The first-order chi connectivity index (χ1) is 7.06. The van der Waals surface area contributed by atoms with Crippen molar-refractivity contribution in [3.63, 3.8) is 0 Å². The zero-order valence-corrected chi connectivity index (χ0v) is 9.59. The van der Waals surface area contributed by atoms with E-state index in [0.29, 0.717) is 0 Å². The number of rotatable bonds is 2. The third kappa shape index (κ3) is 5.89. The van der Waals surface area contributed by atoms with Gasteiger partial charge in [0.25, 0.3) is 0 Å². The van der Waals surface area contributed by atoms with E-state index >= 15 is 0 Å². The Labute approximate surface area is 106 Å². The topological polar surface area (TPSA) is 43.1 Å². The maximum atomic E-state index is 12.6. The Bertz CT molecular complexity index is 307. The van der Waals surface area contributed by atoms with Gasteiger partial charge in [-0.25, -0.2) is 8.78 Å². The van der Waals surface area contributed by atoms with Gasteiger partial charge in [-0.3, -0.25) is 4.79 Å². The molecular weight excluding hydrogens is 207 g/mol. The largest absolute Gasteiger partial charge is 1.00 e. The Morgan fingerprint density at radius 1 is 1.38 bits per heavy atom. The van der Waals surface area contributed by atoms with Crippen LogP contribution in [0.25, 0.3) is 0 Å². The van der Waals surface area contributed by atoms with Gasteiger partial charge < -0.3 is 12.7 Å². The molecule has 0 heterocycles. The minimum Gasteiger partial charge on any atom is -0.399 e. The number of hydrogen-bond acceptors (Lipinski definition) is 2. The summed E-state index contributed by atoms with van der Waals surface area (Å²) in [6.45, 7) is 5.72. The molecule has 1 aromatic carbocycles. The van der Waals surface area contributed by atoms with Gasteiger partial charge in [0, 0.05) is 5.69 Å². The molecule has 0 spiro atoms. The van der Waals surface area contributed by atoms with Gasteiger partial charge in [-0.1, -0.05) is 13.3 Å². The van der Waals surface area contributed by atoms with E-state index in [-0.39, 0.29) is 30.8 Å². The number of hydrogen-bond donors (Lipinski definition) is 1. The monoisotopic (exact) mass is 221 g/mol. The summed E-state index contributed by atoms with van der Waals surface area (Å²) in [6.07, 6.45) is 2.39. The molecule has 2 N–H and O–H groups in total. The predicted octanol–water partition coefficient (Wildman–Crippen LogP) is -0.0159. The summed E-state index contributed by atoms with van der Waals surface area (Å²) in [5, 5.41) is 0. The van der Waals surface area contributed by atoms with Gasteiger partial charge in [0.05, 0.1) is 5.56 Å². The molecule has 0 amide bonds. The summed E-state index contributed by atoms with van der Waals surface area (Å²) in [6, 6.07) is 1.79. The van der Waals surface area contributed by atoms with Gasteiger partial charge in [-0.05, 0) is 12.1 Å². The molecule has 0 radical (unpaired) electrons. The fourth-order valence-corrected chi connectivity index (χ4v) is 0.716. The van der Waals surface area contributed by atoms with Crippen molar-refractivity contribution in [2.24, 2.45) is 0 Å². The fraction of sp³-hybridized carbons (Fsp3) is 0.273. The van der Waals surface area contributed by atoms with Crippen molar-refractivity contribution < 1.29 is 32.4 Å². The molecule has 0 atom stereocenters. The van der Waals surface area contributed by atoms with Crippen LogP contribution in [-0.4, -0.2) is 6.29 Å². The maximum absolute atomic E-state index is 12.6. The molecule has 5 heteroatoms. The molecule has 0 aliphatic heterocycles. The van der Waals surface area contributed by atoms with Crippen molar-refractivity contribution in [1.82, 2.24) is 0 Å². The van der Waals surface area contributed by atoms with E-state index in [1.165, 1.54) is 6.42 Å². The first kappa shape index (κ1) is 17.5. The van der Waals surface area contributed by atoms with Crippen molar-refractivity contribution >= 4 is 12.0 Å². The molecule has 0 saturated carbocycles. The van der Waals surface area contributed by atoms with Gasteiger partial charge >= 0.3 is 18.9 Å². The summed E-state index contributed by atoms with van der Waals surface area (Å²) in [5.41, 5.74) is 4.47. The Balaban J connectivity index is 0. The maximum Gasteiger partial charge on any atom is 1.00 e. The van der Waals surface area contributed by atoms with Crippen LogP contribution in [0.5, 0.6) is 0 Å². The molecule has 1 aromatic rings. The molecule has 16 heavy (non-hydrogen) atoms. The summed E-state index contributed by atoms with van der Waals surface area (Å²) in [5.74, 6) is -1.87. The Hall–Kier alpha value is -0.853. The number of aldehydes is 1. The van der Waals surface area contributed by atoms with Crippen molar-refractivity contribution in [2.45, 2.75) is 19.8 Å². The third-order valence-corrected chi connectivity index (χ3v) is 1.57. The molecule has 0 unspecified atom stereocenters. The van der Waals surface area contributed by atoms with Gasteiger partial charge in [0.1, 0.15) is 11.6 Å². The minimum absolute atomic E-state index is 0. The molecule has 0 aliphatic rings. The molecule has 0 saturated heterocycles. The number of nitrogens with two attached hydrogens (primary N) is 1. The van der Waals surface area contributed by atoms with Crippen molar-refractivity contribution in [3.05, 3.63) is 36.3 Å². The van der Waals surface area contributed by atoms with Crippen LogP contribution in [0.2, 0.25) is 0 Å². The molecule has 84 valence electrons. The molecule has 0 aromatic heterocycles. The average Bonchev–Trinajstić information content (AvgIpc) is 2.17. The normalized spacial score (nSPS) is 8.50. The molecule has 0 bridgehead atoms. The number of carbonyl (C=O) groups is 1. The van der Waals surface area contributed by atoms with Gasteiger partial charge in [-0.2, -0.15) is 6.42 Å². The number of benzene rings is 1. The quantitative estimate of drug-likeness (QED) is 0.330. The summed E-state index contributed by atoms with van der Waals surface area (Å²) in [4.78, 5) is 10.0. The van der Waals surface area contributed by atoms with E-state index in [0.717, 1.165) is 18.6 Å². The summed E-state index contributed by atoms with van der Waals surface area (Å²) in [7, 11) is 0. The average molecular weight is 221 g/mol. The van der Waals surface area contributed by atoms with Crippen LogP contribution < -0.4 is 24.6 Å². The third-order valence-electron chi connectivity index (χ3n) is 1.57. The smallest absolute Gasteiger partial charge is 0.399 e. The van der Waals surface area contributed by atoms with Crippen molar-refractivity contribution in [1.29, 1.82) is 0 Å². The van der Waals surface area contributed by atoms with Gasteiger partial charge in [0.15, 0.2) is 6.29 Å². The molecule has 0 aliphatic carbocycles. The standard InChI is InChI=1S/C7H5F2NO.C4H9.Li/c8-6-1-4(10)2-7(9)5(6)3-11;1-3-4-2;/h1-3H,10H2;1,3-4H2,2H3;/q;-1;+1. The first-order valence-electron chi connectivity index (χ1n) is 4.55. The van der Waals surface area contributed by atoms with Crippen LogP contribution >= 0.6 is 0 Å². The van der Waals surface area contributed by atoms with E-state index in [9.17, 15) is 13.6 Å². The van der Waals surface area contributed by atoms with Crippen LogP contribution in [0.1, 0.15) is 30.1 Å². The van der Waals surface area contributed by atoms with Crippen LogP contribution in [0.15, 0.2) is 12.1 Å². The molecular formula is C11H14F2LiNO. The molecule has 2 nitrogen and oxygen atoms in total. The van der Waals surface area contributed by atoms with Crippen molar-refractivity contribution in [2.75, 3.05) is 5.73 Å². The summed E-state index contributed by atoms with van der Waals surface area (Å²) >= 11 is 0. The van der Waals surface area contributed by atoms with Gasteiger partial charge in [-0.15, -0.1) is 0 Å². The van der Waals surface area contributed by atoms with Crippen LogP contribution in [0.3, 0.4) is 0 Å². The first-order valence-corrected chi connectivity index (χ1v) is 4.55. The van der Waals surface area contributed by atoms with Crippen LogP contribution in [0.4, 0.5) is 14.5 Å². The zero-order chi connectivity index (χ0) is 11.8. The van der Waals surface area contributed by atoms with E-state index in [2.05, 4.69) is 13.8 Å². The number of anilines is 1. The van der Waals surface area contributed by atoms with E-state index in [1.807, 2.05) is 0 Å². The van der Waals surface area contributed by atoms with E-state index in [4.69, 9.17) is 5.73 Å². The SMILES string of the molecule is Nc1cc(F)c(C=O)c(F)c1.[CH2-]CCC.[Li+]. The minimum atomic E-state index is -0.933. The van der Waals surface area contributed by atoms with Crippen molar-refractivity contribution in [3.8, 4) is 0 Å². The second-order valence-corrected chi connectivity index (χ2v) is 2.87. The number of nitrogen functional groups attached to an aromatic ring is 1. The molecule has 1 rings (SSSR count).